The van der Waals surface area contributed by atoms with Crippen molar-refractivity contribution in [3.05, 3.63) is 17.7 Å². The van der Waals surface area contributed by atoms with E-state index in [0.717, 1.165) is 19.3 Å². The molecule has 1 aliphatic carbocycles. The summed E-state index contributed by atoms with van der Waals surface area (Å²) in [5.74, 6) is -0.365. The van der Waals surface area contributed by atoms with Gasteiger partial charge < -0.3 is 26.0 Å². The number of carbonyl (C=O) groups excluding carboxylic acids is 1. The Morgan fingerprint density at radius 1 is 1.23 bits per heavy atom. The lowest BCUT2D eigenvalue weighted by atomic mass is 9.87. The summed E-state index contributed by atoms with van der Waals surface area (Å²) in [5.41, 5.74) is 11.8. The van der Waals surface area contributed by atoms with Gasteiger partial charge in [-0.05, 0) is 37.8 Å². The van der Waals surface area contributed by atoms with Gasteiger partial charge in [0.15, 0.2) is 11.5 Å². The van der Waals surface area contributed by atoms with Crippen LogP contribution < -0.4 is 21.1 Å². The van der Waals surface area contributed by atoms with Crippen molar-refractivity contribution in [3.63, 3.8) is 0 Å². The fourth-order valence-corrected chi connectivity index (χ4v) is 3.62. The minimum Gasteiger partial charge on any atom is -0.503 e. The molecule has 0 unspecified atom stereocenters. The molecule has 0 aromatic heterocycles. The summed E-state index contributed by atoms with van der Waals surface area (Å²) in [5, 5.41) is 10.7. The number of ether oxygens (including phenoxy) is 2. The highest BCUT2D eigenvalue weighted by molar-refractivity contribution is 6.07. The highest BCUT2D eigenvalue weighted by Crippen LogP contribution is 2.45. The maximum Gasteiger partial charge on any atom is 0.338 e. The maximum absolute atomic E-state index is 12.0. The van der Waals surface area contributed by atoms with Crippen molar-refractivity contribution in [1.82, 2.24) is 0 Å². The zero-order valence-corrected chi connectivity index (χ0v) is 14.9. The summed E-state index contributed by atoms with van der Waals surface area (Å²) in [6.07, 6.45) is 4.37. The number of phenolic OH excluding ortho intramolecular Hbond substituents is 1. The molecule has 140 valence electrons. The molecule has 3 rings (SSSR count). The Bertz CT molecular complexity index is 784. The van der Waals surface area contributed by atoms with Gasteiger partial charge in [-0.3, -0.25) is 4.90 Å². The highest BCUT2D eigenvalue weighted by atomic mass is 16.5. The Morgan fingerprint density at radius 3 is 2.54 bits per heavy atom. The summed E-state index contributed by atoms with van der Waals surface area (Å²) in [6.45, 7) is 0. The van der Waals surface area contributed by atoms with Gasteiger partial charge in [0.1, 0.15) is 5.66 Å². The molecule has 9 nitrogen and oxygen atoms in total. The van der Waals surface area contributed by atoms with Crippen LogP contribution in [0.4, 0.5) is 5.69 Å². The minimum absolute atomic E-state index is 0.108. The van der Waals surface area contributed by atoms with Crippen molar-refractivity contribution in [2.75, 3.05) is 19.1 Å². The van der Waals surface area contributed by atoms with Crippen molar-refractivity contribution >= 4 is 23.6 Å². The van der Waals surface area contributed by atoms with Crippen LogP contribution in [0, 0.1) is 0 Å². The second kappa shape index (κ2) is 6.74. The quantitative estimate of drug-likeness (QED) is 0.690. The van der Waals surface area contributed by atoms with Gasteiger partial charge in [-0.15, -0.1) is 0 Å². The van der Waals surface area contributed by atoms with E-state index in [1.54, 1.807) is 4.90 Å². The summed E-state index contributed by atoms with van der Waals surface area (Å²) in [6, 6.07) is 2.91. The topological polar surface area (TPSA) is 136 Å². The van der Waals surface area contributed by atoms with Gasteiger partial charge in [0, 0.05) is 0 Å². The number of methoxy groups -OCH3 is 2. The van der Waals surface area contributed by atoms with Gasteiger partial charge in [-0.2, -0.15) is 4.99 Å². The molecular weight excluding hydrogens is 338 g/mol. The molecule has 26 heavy (non-hydrogen) atoms. The molecule has 1 heterocycles. The van der Waals surface area contributed by atoms with Crippen molar-refractivity contribution in [1.29, 1.82) is 0 Å². The second-order valence-electron chi connectivity index (χ2n) is 6.36. The molecule has 9 heteroatoms. The van der Waals surface area contributed by atoms with Crippen molar-refractivity contribution in [2.45, 2.75) is 37.8 Å². The summed E-state index contributed by atoms with van der Waals surface area (Å²) >= 11 is 0. The molecule has 0 bridgehead atoms. The van der Waals surface area contributed by atoms with Gasteiger partial charge in [0.05, 0.1) is 25.5 Å². The number of esters is 1. The number of anilines is 1. The molecule has 1 fully saturated rings. The first-order valence-corrected chi connectivity index (χ1v) is 8.41. The van der Waals surface area contributed by atoms with Crippen molar-refractivity contribution in [2.24, 2.45) is 21.5 Å². The van der Waals surface area contributed by atoms with Crippen molar-refractivity contribution in [3.8, 4) is 11.5 Å². The number of rotatable bonds is 3. The highest BCUT2D eigenvalue weighted by Gasteiger charge is 2.44. The SMILES string of the molecule is COC(=O)c1cc(OC)c(O)c(N2C(N)=NC(N)=NC23CCCCC3)c1. The monoisotopic (exact) mass is 361 g/mol. The van der Waals surface area contributed by atoms with E-state index in [1.165, 1.54) is 26.4 Å². The molecule has 0 saturated heterocycles. The van der Waals surface area contributed by atoms with E-state index in [0.29, 0.717) is 12.8 Å². The molecule has 1 aliphatic heterocycles. The molecule has 0 atom stereocenters. The molecule has 1 aromatic rings. The van der Waals surface area contributed by atoms with Crippen LogP contribution in [0.3, 0.4) is 0 Å². The van der Waals surface area contributed by atoms with Crippen LogP contribution in [0.2, 0.25) is 0 Å². The van der Waals surface area contributed by atoms with Crippen LogP contribution in [0.5, 0.6) is 11.5 Å². The lowest BCUT2D eigenvalue weighted by molar-refractivity contribution is 0.0600. The van der Waals surface area contributed by atoms with E-state index in [4.69, 9.17) is 20.9 Å². The number of aliphatic imine (C=N–C) groups is 2. The normalized spacial score (nSPS) is 18.9. The Kier molecular flexibility index (Phi) is 4.62. The number of guanidine groups is 2. The Morgan fingerprint density at radius 2 is 1.92 bits per heavy atom. The average Bonchev–Trinajstić information content (AvgIpc) is 2.62. The van der Waals surface area contributed by atoms with Gasteiger partial charge in [-0.25, -0.2) is 9.79 Å². The van der Waals surface area contributed by atoms with Crippen LogP contribution in [0.15, 0.2) is 22.1 Å². The first-order chi connectivity index (χ1) is 12.4. The van der Waals surface area contributed by atoms with Gasteiger partial charge in [0.2, 0.25) is 11.9 Å². The number of nitrogens with zero attached hydrogens (tertiary/aromatic N) is 3. The summed E-state index contributed by atoms with van der Waals surface area (Å²) in [4.78, 5) is 22.3. The summed E-state index contributed by atoms with van der Waals surface area (Å²) in [7, 11) is 2.69. The van der Waals surface area contributed by atoms with Gasteiger partial charge in [-0.1, -0.05) is 6.42 Å². The van der Waals surface area contributed by atoms with Crippen LogP contribution >= 0.6 is 0 Å². The third-order valence-corrected chi connectivity index (χ3v) is 4.79. The molecule has 0 radical (unpaired) electrons. The Hall–Kier alpha value is -2.97. The molecular formula is C17H23N5O4. The molecule has 1 aromatic carbocycles. The third-order valence-electron chi connectivity index (χ3n) is 4.79. The molecule has 1 spiro atoms. The maximum atomic E-state index is 12.0. The Balaban J connectivity index is 2.19. The number of aromatic hydroxyl groups is 1. The predicted octanol–water partition coefficient (Wildman–Crippen LogP) is 1.30. The molecule has 2 aliphatic rings. The summed E-state index contributed by atoms with van der Waals surface area (Å²) < 4.78 is 10.0. The van der Waals surface area contributed by atoms with Gasteiger partial charge in [0.25, 0.3) is 0 Å². The van der Waals surface area contributed by atoms with Crippen molar-refractivity contribution < 1.29 is 19.4 Å². The lowest BCUT2D eigenvalue weighted by Crippen LogP contribution is -2.58. The van der Waals surface area contributed by atoms with Crippen LogP contribution in [0.25, 0.3) is 0 Å². The number of nitrogens with two attached hydrogens (primary N) is 2. The van der Waals surface area contributed by atoms with E-state index in [1.807, 2.05) is 0 Å². The van der Waals surface area contributed by atoms with Gasteiger partial charge >= 0.3 is 5.97 Å². The number of hydrogen-bond acceptors (Lipinski definition) is 9. The second-order valence-corrected chi connectivity index (χ2v) is 6.36. The molecule has 0 amide bonds. The smallest absolute Gasteiger partial charge is 0.338 e. The largest absolute Gasteiger partial charge is 0.503 e. The van der Waals surface area contributed by atoms with E-state index in [-0.39, 0.29) is 34.7 Å². The fourth-order valence-electron chi connectivity index (χ4n) is 3.62. The molecule has 5 N–H and O–H groups in total. The van der Waals surface area contributed by atoms with E-state index in [2.05, 4.69) is 9.98 Å². The number of hydrogen-bond donors (Lipinski definition) is 3. The predicted molar refractivity (Wildman–Crippen MR) is 97.5 cm³/mol. The zero-order valence-electron chi connectivity index (χ0n) is 14.9. The Labute approximate surface area is 151 Å². The standard InChI is InChI=1S/C17H23N5O4/c1-25-12-9-10(14(24)26-2)8-11(13(12)23)22-16(19)20-15(18)21-17(22)6-4-3-5-7-17/h8-9,23H,3-7H2,1-2H3,(H4,18,19,20,21). The van der Waals surface area contributed by atoms with Crippen LogP contribution in [0.1, 0.15) is 42.5 Å². The first-order valence-electron chi connectivity index (χ1n) is 8.41. The fraction of sp³-hybridized carbons (Fsp3) is 0.471. The zero-order chi connectivity index (χ0) is 18.9. The number of benzene rings is 1. The minimum atomic E-state index is -0.745. The average molecular weight is 361 g/mol. The lowest BCUT2D eigenvalue weighted by Gasteiger charge is -2.45. The first kappa shape index (κ1) is 17.8. The van der Waals surface area contributed by atoms with E-state index >= 15 is 0 Å². The third kappa shape index (κ3) is 2.89. The number of phenols is 1. The van der Waals surface area contributed by atoms with Crippen LogP contribution in [-0.4, -0.2) is 42.9 Å². The van der Waals surface area contributed by atoms with E-state index in [9.17, 15) is 9.90 Å². The number of carbonyl (C=O) groups is 1. The van der Waals surface area contributed by atoms with E-state index < -0.39 is 11.6 Å². The molecule has 1 saturated carbocycles. The van der Waals surface area contributed by atoms with Crippen LogP contribution in [-0.2, 0) is 4.74 Å².